The summed E-state index contributed by atoms with van der Waals surface area (Å²) >= 11 is 3.47. The highest BCUT2D eigenvalue weighted by molar-refractivity contribution is 9.10. The standard InChI is InChI=1S/C17H26BrN3O2.ClH/c1-4-10-17(2,19)16(23)20-11-9-15(22)21(3)12-13-7-5-6-8-14(13)18;/h5-8H,4,9-12,19H2,1-3H3,(H,20,23);1H. The Morgan fingerprint density at radius 1 is 1.33 bits per heavy atom. The number of hydrogen-bond acceptors (Lipinski definition) is 3. The number of nitrogens with two attached hydrogens (primary N) is 1. The Bertz CT molecular complexity index is 552. The Hall–Kier alpha value is -1.11. The molecule has 0 aliphatic rings. The molecule has 3 N–H and O–H groups in total. The van der Waals surface area contributed by atoms with Crippen LogP contribution in [0.2, 0.25) is 0 Å². The van der Waals surface area contributed by atoms with Crippen molar-refractivity contribution < 1.29 is 9.59 Å². The molecule has 5 nitrogen and oxygen atoms in total. The van der Waals surface area contributed by atoms with Crippen LogP contribution in [0.25, 0.3) is 0 Å². The number of nitrogens with one attached hydrogen (secondary N) is 1. The van der Waals surface area contributed by atoms with Crippen molar-refractivity contribution in [3.63, 3.8) is 0 Å². The van der Waals surface area contributed by atoms with Crippen LogP contribution >= 0.6 is 28.3 Å². The van der Waals surface area contributed by atoms with E-state index in [1.807, 2.05) is 31.2 Å². The van der Waals surface area contributed by atoms with Gasteiger partial charge in [0.2, 0.25) is 11.8 Å². The van der Waals surface area contributed by atoms with Crippen molar-refractivity contribution in [2.45, 2.75) is 45.2 Å². The Labute approximate surface area is 158 Å². The number of rotatable bonds is 8. The minimum Gasteiger partial charge on any atom is -0.354 e. The number of benzene rings is 1. The molecule has 2 amide bonds. The van der Waals surface area contributed by atoms with Gasteiger partial charge >= 0.3 is 0 Å². The van der Waals surface area contributed by atoms with Crippen LogP contribution in [0, 0.1) is 0 Å². The van der Waals surface area contributed by atoms with E-state index in [9.17, 15) is 9.59 Å². The molecule has 24 heavy (non-hydrogen) atoms. The van der Waals surface area contributed by atoms with Gasteiger partial charge in [-0.05, 0) is 25.0 Å². The van der Waals surface area contributed by atoms with Gasteiger partial charge < -0.3 is 16.0 Å². The third kappa shape index (κ3) is 7.20. The lowest BCUT2D eigenvalue weighted by atomic mass is 9.96. The third-order valence-corrected chi connectivity index (χ3v) is 4.48. The van der Waals surface area contributed by atoms with E-state index in [-0.39, 0.29) is 30.6 Å². The van der Waals surface area contributed by atoms with Gasteiger partial charge in [-0.1, -0.05) is 47.5 Å². The molecule has 0 aromatic heterocycles. The summed E-state index contributed by atoms with van der Waals surface area (Å²) in [5, 5.41) is 2.75. The minimum atomic E-state index is -0.876. The van der Waals surface area contributed by atoms with E-state index in [2.05, 4.69) is 21.2 Å². The number of carbonyl (C=O) groups excluding carboxylic acids is 2. The molecule has 0 fully saturated rings. The lowest BCUT2D eigenvalue weighted by Gasteiger charge is -2.23. The van der Waals surface area contributed by atoms with E-state index in [1.54, 1.807) is 18.9 Å². The maximum atomic E-state index is 12.1. The molecule has 7 heteroatoms. The molecule has 0 aliphatic carbocycles. The van der Waals surface area contributed by atoms with E-state index < -0.39 is 5.54 Å². The number of carbonyl (C=O) groups is 2. The summed E-state index contributed by atoms with van der Waals surface area (Å²) in [6, 6.07) is 7.80. The Morgan fingerprint density at radius 3 is 2.54 bits per heavy atom. The summed E-state index contributed by atoms with van der Waals surface area (Å²) < 4.78 is 0.978. The fourth-order valence-electron chi connectivity index (χ4n) is 2.28. The summed E-state index contributed by atoms with van der Waals surface area (Å²) in [5.41, 5.74) is 6.12. The molecule has 0 heterocycles. The molecule has 0 spiro atoms. The van der Waals surface area contributed by atoms with Gasteiger partial charge in [-0.2, -0.15) is 0 Å². The first-order valence-electron chi connectivity index (χ1n) is 7.82. The maximum Gasteiger partial charge on any atom is 0.239 e. The molecular formula is C17H27BrClN3O2. The van der Waals surface area contributed by atoms with Gasteiger partial charge in [0.1, 0.15) is 0 Å². The molecule has 0 bridgehead atoms. The van der Waals surface area contributed by atoms with Crippen molar-refractivity contribution in [2.24, 2.45) is 5.73 Å². The van der Waals surface area contributed by atoms with Gasteiger partial charge in [0.05, 0.1) is 5.54 Å². The van der Waals surface area contributed by atoms with Crippen molar-refractivity contribution in [1.29, 1.82) is 0 Å². The number of halogens is 2. The lowest BCUT2D eigenvalue weighted by Crippen LogP contribution is -2.52. The van der Waals surface area contributed by atoms with E-state index in [0.29, 0.717) is 19.5 Å². The molecule has 0 radical (unpaired) electrons. The normalized spacial score (nSPS) is 12.7. The van der Waals surface area contributed by atoms with Gasteiger partial charge in [-0.15, -0.1) is 12.4 Å². The summed E-state index contributed by atoms with van der Waals surface area (Å²) in [6.45, 7) is 4.53. The number of amides is 2. The van der Waals surface area contributed by atoms with E-state index in [1.165, 1.54) is 0 Å². The van der Waals surface area contributed by atoms with Crippen LogP contribution in [0.3, 0.4) is 0 Å². The molecule has 136 valence electrons. The predicted octanol–water partition coefficient (Wildman–Crippen LogP) is 2.85. The fourth-order valence-corrected chi connectivity index (χ4v) is 2.69. The second-order valence-corrected chi connectivity index (χ2v) is 6.87. The molecule has 1 atom stereocenters. The van der Waals surface area contributed by atoms with Crippen LogP contribution in [0.4, 0.5) is 0 Å². The van der Waals surface area contributed by atoms with E-state index in [0.717, 1.165) is 16.5 Å². The molecule has 1 rings (SSSR count). The van der Waals surface area contributed by atoms with Gasteiger partial charge in [0.15, 0.2) is 0 Å². The minimum absolute atomic E-state index is 0. The summed E-state index contributed by atoms with van der Waals surface area (Å²) in [5.74, 6) is -0.226. The van der Waals surface area contributed by atoms with Crippen molar-refractivity contribution in [2.75, 3.05) is 13.6 Å². The van der Waals surface area contributed by atoms with Gasteiger partial charge in [0, 0.05) is 31.0 Å². The highest BCUT2D eigenvalue weighted by Crippen LogP contribution is 2.17. The first-order chi connectivity index (χ1) is 10.8. The zero-order chi connectivity index (χ0) is 17.5. The Kier molecular flexibility index (Phi) is 10.2. The molecule has 0 saturated carbocycles. The van der Waals surface area contributed by atoms with Crippen LogP contribution in [0.1, 0.15) is 38.7 Å². The van der Waals surface area contributed by atoms with Crippen molar-refractivity contribution in [1.82, 2.24) is 10.2 Å². The first-order valence-corrected chi connectivity index (χ1v) is 8.61. The van der Waals surface area contributed by atoms with Crippen molar-refractivity contribution in [3.05, 3.63) is 34.3 Å². The van der Waals surface area contributed by atoms with Gasteiger partial charge in [0.25, 0.3) is 0 Å². The summed E-state index contributed by atoms with van der Waals surface area (Å²) in [7, 11) is 1.76. The Morgan fingerprint density at radius 2 is 1.96 bits per heavy atom. The maximum absolute atomic E-state index is 12.1. The highest BCUT2D eigenvalue weighted by atomic mass is 79.9. The zero-order valence-electron chi connectivity index (χ0n) is 14.5. The van der Waals surface area contributed by atoms with Crippen LogP contribution in [-0.2, 0) is 16.1 Å². The second kappa shape index (κ2) is 10.7. The van der Waals surface area contributed by atoms with Crippen molar-refractivity contribution in [3.8, 4) is 0 Å². The number of nitrogens with zero attached hydrogens (tertiary/aromatic N) is 1. The smallest absolute Gasteiger partial charge is 0.239 e. The largest absolute Gasteiger partial charge is 0.354 e. The van der Waals surface area contributed by atoms with E-state index in [4.69, 9.17) is 5.73 Å². The quantitative estimate of drug-likeness (QED) is 0.679. The zero-order valence-corrected chi connectivity index (χ0v) is 16.9. The van der Waals surface area contributed by atoms with Gasteiger partial charge in [-0.25, -0.2) is 0 Å². The topological polar surface area (TPSA) is 75.4 Å². The van der Waals surface area contributed by atoms with Crippen LogP contribution in [-0.4, -0.2) is 35.8 Å². The Balaban J connectivity index is 0.00000529. The molecule has 1 aromatic carbocycles. The highest BCUT2D eigenvalue weighted by Gasteiger charge is 2.26. The summed E-state index contributed by atoms with van der Waals surface area (Å²) in [6.07, 6.45) is 1.72. The predicted molar refractivity (Wildman–Crippen MR) is 103 cm³/mol. The lowest BCUT2D eigenvalue weighted by molar-refractivity contribution is -0.130. The second-order valence-electron chi connectivity index (χ2n) is 6.01. The first kappa shape index (κ1) is 22.9. The molecule has 0 saturated heterocycles. The van der Waals surface area contributed by atoms with Crippen LogP contribution < -0.4 is 11.1 Å². The summed E-state index contributed by atoms with van der Waals surface area (Å²) in [4.78, 5) is 25.8. The third-order valence-electron chi connectivity index (χ3n) is 3.70. The fraction of sp³-hybridized carbons (Fsp3) is 0.529. The monoisotopic (exact) mass is 419 g/mol. The average molecular weight is 421 g/mol. The SMILES string of the molecule is CCCC(C)(N)C(=O)NCCC(=O)N(C)Cc1ccccc1Br.Cl. The molecule has 1 aromatic rings. The van der Waals surface area contributed by atoms with Crippen LogP contribution in [0.5, 0.6) is 0 Å². The van der Waals surface area contributed by atoms with Crippen LogP contribution in [0.15, 0.2) is 28.7 Å². The molecule has 0 aliphatic heterocycles. The molecular weight excluding hydrogens is 394 g/mol. The molecule has 1 unspecified atom stereocenters. The average Bonchev–Trinajstić information content (AvgIpc) is 2.49. The van der Waals surface area contributed by atoms with Crippen molar-refractivity contribution >= 4 is 40.2 Å². The van der Waals surface area contributed by atoms with Gasteiger partial charge in [-0.3, -0.25) is 9.59 Å². The van der Waals surface area contributed by atoms with E-state index >= 15 is 0 Å². The number of hydrogen-bond donors (Lipinski definition) is 2.